The molecule has 0 unspecified atom stereocenters. The summed E-state index contributed by atoms with van der Waals surface area (Å²) in [6.07, 6.45) is 0.798. The maximum absolute atomic E-state index is 12.7. The molecule has 0 aliphatic carbocycles. The van der Waals surface area contributed by atoms with E-state index in [9.17, 15) is 4.79 Å². The first kappa shape index (κ1) is 12.9. The van der Waals surface area contributed by atoms with E-state index < -0.39 is 5.79 Å². The zero-order valence-electron chi connectivity index (χ0n) is 11.0. The normalized spacial score (nSPS) is 21.3. The third kappa shape index (κ3) is 1.78. The highest BCUT2D eigenvalue weighted by Gasteiger charge is 2.55. The average molecular weight is 282 g/mol. The summed E-state index contributed by atoms with van der Waals surface area (Å²) in [5, 5.41) is 0.578. The molecule has 2 heterocycles. The predicted molar refractivity (Wildman–Crippen MR) is 72.3 cm³/mol. The van der Waals surface area contributed by atoms with Crippen molar-refractivity contribution in [2.45, 2.75) is 32.1 Å². The van der Waals surface area contributed by atoms with Crippen LogP contribution in [0.15, 0.2) is 18.2 Å². The summed E-state index contributed by atoms with van der Waals surface area (Å²) in [5.41, 5.74) is 1.55. The lowest BCUT2D eigenvalue weighted by atomic mass is 10.1. The highest BCUT2D eigenvalue weighted by Crippen LogP contribution is 2.46. The molecule has 1 aromatic carbocycles. The number of benzene rings is 1. The van der Waals surface area contributed by atoms with Crippen LogP contribution in [0.25, 0.3) is 0 Å². The number of fused-ring (bicyclic) bond motifs is 2. The summed E-state index contributed by atoms with van der Waals surface area (Å²) in [4.78, 5) is 14.4. The summed E-state index contributed by atoms with van der Waals surface area (Å²) in [6, 6.07) is 5.44. The van der Waals surface area contributed by atoms with Gasteiger partial charge >= 0.3 is 0 Å². The zero-order chi connectivity index (χ0) is 13.6. The summed E-state index contributed by atoms with van der Waals surface area (Å²) < 4.78 is 11.5. The molecule has 1 spiro atoms. The number of carbonyl (C=O) groups excluding carboxylic acids is 1. The molecule has 3 rings (SSSR count). The van der Waals surface area contributed by atoms with Gasteiger partial charge in [-0.2, -0.15) is 0 Å². The van der Waals surface area contributed by atoms with E-state index in [0.29, 0.717) is 18.2 Å². The first-order valence-corrected chi connectivity index (χ1v) is 6.85. The Hall–Kier alpha value is -1.10. The van der Waals surface area contributed by atoms with Gasteiger partial charge in [-0.1, -0.05) is 11.6 Å². The molecule has 0 bridgehead atoms. The second kappa shape index (κ2) is 4.47. The van der Waals surface area contributed by atoms with Crippen LogP contribution in [-0.2, 0) is 20.1 Å². The quantitative estimate of drug-likeness (QED) is 0.794. The molecule has 5 heteroatoms. The van der Waals surface area contributed by atoms with Crippen LogP contribution < -0.4 is 4.90 Å². The molecule has 0 radical (unpaired) electrons. The lowest BCUT2D eigenvalue weighted by Crippen LogP contribution is -2.48. The average Bonchev–Trinajstić information content (AvgIpc) is 2.61. The van der Waals surface area contributed by atoms with Crippen molar-refractivity contribution >= 4 is 23.2 Å². The van der Waals surface area contributed by atoms with Gasteiger partial charge < -0.3 is 14.4 Å². The fraction of sp³-hybridized carbons (Fsp3) is 0.500. The standard InChI is InChI=1S/C14H16ClNO3/c1-9(2)16-12-5-4-10(15)8-11(12)14(13(16)17)18-6-3-7-19-14/h4-5,8-9H,3,6-7H2,1-2H3. The Morgan fingerprint density at radius 3 is 2.63 bits per heavy atom. The number of rotatable bonds is 1. The van der Waals surface area contributed by atoms with Gasteiger partial charge in [0.15, 0.2) is 0 Å². The Bertz CT molecular complexity index is 523. The molecule has 2 aliphatic rings. The van der Waals surface area contributed by atoms with Crippen LogP contribution in [0.5, 0.6) is 0 Å². The molecule has 1 aromatic rings. The summed E-state index contributed by atoms with van der Waals surface area (Å²) in [5.74, 6) is -1.44. The summed E-state index contributed by atoms with van der Waals surface area (Å²) >= 11 is 6.06. The Morgan fingerprint density at radius 1 is 1.32 bits per heavy atom. The van der Waals surface area contributed by atoms with Gasteiger partial charge in [0.05, 0.1) is 18.9 Å². The van der Waals surface area contributed by atoms with E-state index in [2.05, 4.69) is 0 Å². The van der Waals surface area contributed by atoms with Crippen LogP contribution in [0.4, 0.5) is 5.69 Å². The zero-order valence-corrected chi connectivity index (χ0v) is 11.7. The van der Waals surface area contributed by atoms with Crippen LogP contribution in [0.2, 0.25) is 5.02 Å². The molecule has 0 aromatic heterocycles. The predicted octanol–water partition coefficient (Wildman–Crippen LogP) is 2.68. The Labute approximate surface area is 117 Å². The second-order valence-electron chi connectivity index (χ2n) is 5.10. The largest absolute Gasteiger partial charge is 0.338 e. The van der Waals surface area contributed by atoms with Gasteiger partial charge in [-0.3, -0.25) is 4.79 Å². The fourth-order valence-electron chi connectivity index (χ4n) is 2.69. The SMILES string of the molecule is CC(C)N1C(=O)C2(OCCCO2)c2cc(Cl)ccc21. The van der Waals surface area contributed by atoms with Gasteiger partial charge in [0.1, 0.15) is 0 Å². The molecule has 1 fully saturated rings. The van der Waals surface area contributed by atoms with Crippen LogP contribution in [0.3, 0.4) is 0 Å². The molecule has 0 saturated carbocycles. The molecule has 1 amide bonds. The third-order valence-corrected chi connectivity index (χ3v) is 3.72. The number of ether oxygens (including phenoxy) is 2. The molecule has 4 nitrogen and oxygen atoms in total. The molecular formula is C14H16ClNO3. The van der Waals surface area contributed by atoms with Gasteiger partial charge in [-0.15, -0.1) is 0 Å². The van der Waals surface area contributed by atoms with Crippen LogP contribution in [0.1, 0.15) is 25.8 Å². The molecule has 2 aliphatic heterocycles. The third-order valence-electron chi connectivity index (χ3n) is 3.49. The van der Waals surface area contributed by atoms with Crippen LogP contribution in [-0.4, -0.2) is 25.2 Å². The molecular weight excluding hydrogens is 266 g/mol. The maximum Gasteiger partial charge on any atom is 0.292 e. The molecule has 0 N–H and O–H groups in total. The number of anilines is 1. The maximum atomic E-state index is 12.7. The van der Waals surface area contributed by atoms with Gasteiger partial charge in [0.25, 0.3) is 11.7 Å². The van der Waals surface area contributed by atoms with Gasteiger partial charge in [-0.25, -0.2) is 0 Å². The van der Waals surface area contributed by atoms with Gasteiger partial charge in [-0.05, 0) is 38.5 Å². The smallest absolute Gasteiger partial charge is 0.292 e. The molecule has 0 atom stereocenters. The monoisotopic (exact) mass is 281 g/mol. The van der Waals surface area contributed by atoms with E-state index in [4.69, 9.17) is 21.1 Å². The minimum absolute atomic E-state index is 0.0425. The van der Waals surface area contributed by atoms with Crippen LogP contribution in [0, 0.1) is 0 Å². The number of halogens is 1. The highest BCUT2D eigenvalue weighted by atomic mass is 35.5. The Morgan fingerprint density at radius 2 is 2.00 bits per heavy atom. The number of nitrogens with zero attached hydrogens (tertiary/aromatic N) is 1. The highest BCUT2D eigenvalue weighted by molar-refractivity contribution is 6.31. The molecule has 1 saturated heterocycles. The Balaban J connectivity index is 2.17. The summed E-state index contributed by atoms with van der Waals surface area (Å²) in [7, 11) is 0. The van der Waals surface area contributed by atoms with Gasteiger partial charge in [0, 0.05) is 16.6 Å². The van der Waals surface area contributed by atoms with Crippen molar-refractivity contribution in [3.05, 3.63) is 28.8 Å². The van der Waals surface area contributed by atoms with Crippen molar-refractivity contribution in [3.8, 4) is 0 Å². The number of hydrogen-bond acceptors (Lipinski definition) is 3. The second-order valence-corrected chi connectivity index (χ2v) is 5.53. The Kier molecular flexibility index (Phi) is 3.04. The van der Waals surface area contributed by atoms with Crippen molar-refractivity contribution in [1.29, 1.82) is 0 Å². The number of amides is 1. The molecule has 102 valence electrons. The van der Waals surface area contributed by atoms with E-state index in [0.717, 1.165) is 17.7 Å². The van der Waals surface area contributed by atoms with Crippen molar-refractivity contribution < 1.29 is 14.3 Å². The van der Waals surface area contributed by atoms with Crippen molar-refractivity contribution in [3.63, 3.8) is 0 Å². The lowest BCUT2D eigenvalue weighted by Gasteiger charge is -2.33. The number of hydrogen-bond donors (Lipinski definition) is 0. The van der Waals surface area contributed by atoms with E-state index in [1.165, 1.54) is 0 Å². The topological polar surface area (TPSA) is 38.8 Å². The van der Waals surface area contributed by atoms with E-state index in [1.54, 1.807) is 17.0 Å². The van der Waals surface area contributed by atoms with E-state index in [-0.39, 0.29) is 11.9 Å². The van der Waals surface area contributed by atoms with Gasteiger partial charge in [0.2, 0.25) is 0 Å². The lowest BCUT2D eigenvalue weighted by molar-refractivity contribution is -0.256. The van der Waals surface area contributed by atoms with E-state index in [1.807, 2.05) is 19.9 Å². The summed E-state index contributed by atoms with van der Waals surface area (Å²) in [6.45, 7) is 4.98. The number of carbonyl (C=O) groups is 1. The first-order valence-electron chi connectivity index (χ1n) is 6.48. The first-order chi connectivity index (χ1) is 9.06. The minimum atomic E-state index is -1.29. The van der Waals surface area contributed by atoms with E-state index >= 15 is 0 Å². The van der Waals surface area contributed by atoms with Crippen molar-refractivity contribution in [2.24, 2.45) is 0 Å². The van der Waals surface area contributed by atoms with Crippen molar-refractivity contribution in [1.82, 2.24) is 0 Å². The van der Waals surface area contributed by atoms with Crippen LogP contribution >= 0.6 is 11.6 Å². The van der Waals surface area contributed by atoms with Crippen molar-refractivity contribution in [2.75, 3.05) is 18.1 Å². The minimum Gasteiger partial charge on any atom is -0.338 e. The fourth-order valence-corrected chi connectivity index (χ4v) is 2.86. The molecule has 19 heavy (non-hydrogen) atoms.